The Labute approximate surface area is 51.2 Å². The van der Waals surface area contributed by atoms with Crippen molar-refractivity contribution in [2.24, 2.45) is 0 Å². The third-order valence-electron chi connectivity index (χ3n) is 0.951. The Morgan fingerprint density at radius 2 is 2.12 bits per heavy atom. The van der Waals surface area contributed by atoms with Gasteiger partial charge in [0.1, 0.15) is 0 Å². The Balaban J connectivity index is 3.69. The van der Waals surface area contributed by atoms with Crippen molar-refractivity contribution in [1.29, 1.82) is 0 Å². The van der Waals surface area contributed by atoms with Crippen LogP contribution < -0.4 is 0 Å². The molecule has 0 aromatic heterocycles. The lowest BCUT2D eigenvalue weighted by Gasteiger charge is -1.82. The highest BCUT2D eigenvalue weighted by Crippen LogP contribution is 1.92. The molecule has 0 spiro atoms. The van der Waals surface area contributed by atoms with Crippen molar-refractivity contribution >= 4 is 0 Å². The molecule has 0 aromatic carbocycles. The second-order valence-corrected chi connectivity index (χ2v) is 1.63. The highest BCUT2D eigenvalue weighted by atomic mass is 13.8. The van der Waals surface area contributed by atoms with E-state index >= 15 is 0 Å². The molecular weight excluding hydrogens is 96.1 g/mol. The van der Waals surface area contributed by atoms with Gasteiger partial charge in [0.05, 0.1) is 0 Å². The molecule has 0 unspecified atom stereocenters. The summed E-state index contributed by atoms with van der Waals surface area (Å²) < 4.78 is 0. The summed E-state index contributed by atoms with van der Waals surface area (Å²) in [5.41, 5.74) is 1.27. The lowest BCUT2D eigenvalue weighted by atomic mass is 10.3. The minimum absolute atomic E-state index is 1.27. The molecule has 0 fully saturated rings. The van der Waals surface area contributed by atoms with Crippen LogP contribution >= 0.6 is 0 Å². The van der Waals surface area contributed by atoms with E-state index in [4.69, 9.17) is 0 Å². The molecule has 0 heteroatoms. The highest BCUT2D eigenvalue weighted by molar-refractivity contribution is 5.18. The average molecular weight is 108 g/mol. The zero-order valence-electron chi connectivity index (χ0n) is 5.52. The van der Waals surface area contributed by atoms with Gasteiger partial charge in [-0.25, -0.2) is 0 Å². The molecule has 0 radical (unpaired) electrons. The summed E-state index contributed by atoms with van der Waals surface area (Å²) in [6.07, 6.45) is 7.77. The predicted octanol–water partition coefficient (Wildman–Crippen LogP) is 2.69. The van der Waals surface area contributed by atoms with E-state index in [1.807, 2.05) is 19.1 Å². The van der Waals surface area contributed by atoms with Crippen molar-refractivity contribution < 1.29 is 0 Å². The molecule has 0 aliphatic carbocycles. The van der Waals surface area contributed by atoms with Gasteiger partial charge in [-0.3, -0.25) is 0 Å². The lowest BCUT2D eigenvalue weighted by Crippen LogP contribution is -1.60. The third kappa shape index (κ3) is 3.41. The summed E-state index contributed by atoms with van der Waals surface area (Å²) in [5.74, 6) is 0. The van der Waals surface area contributed by atoms with E-state index in [1.54, 1.807) is 6.08 Å². The van der Waals surface area contributed by atoms with Crippen LogP contribution in [0, 0.1) is 0 Å². The average Bonchev–Trinajstić information content (AvgIpc) is 1.83. The summed E-state index contributed by atoms with van der Waals surface area (Å²) in [6.45, 7) is 7.63. The quantitative estimate of drug-likeness (QED) is 0.477. The van der Waals surface area contributed by atoms with Crippen LogP contribution in [0.2, 0.25) is 0 Å². The Morgan fingerprint density at radius 1 is 1.50 bits per heavy atom. The van der Waals surface area contributed by atoms with Crippen LogP contribution in [0.25, 0.3) is 0 Å². The molecule has 0 heterocycles. The van der Waals surface area contributed by atoms with Crippen molar-refractivity contribution in [2.45, 2.75) is 13.8 Å². The lowest BCUT2D eigenvalue weighted by molar-refractivity contribution is 1.48. The molecular formula is C8H12. The standard InChI is InChI=1S/C8H12/c1-4-6-7-8(3)5-2/h4-7H,1H2,2-3H3/b7-6-,8-5-. The van der Waals surface area contributed by atoms with Crippen molar-refractivity contribution in [1.82, 2.24) is 0 Å². The van der Waals surface area contributed by atoms with Crippen molar-refractivity contribution in [3.8, 4) is 0 Å². The minimum atomic E-state index is 1.27. The third-order valence-corrected chi connectivity index (χ3v) is 0.951. The Hall–Kier alpha value is -0.780. The molecule has 0 saturated heterocycles. The second-order valence-electron chi connectivity index (χ2n) is 1.63. The number of hydrogen-bond donors (Lipinski definition) is 0. The number of allylic oxidation sites excluding steroid dienone is 5. The zero-order chi connectivity index (χ0) is 6.41. The van der Waals surface area contributed by atoms with Gasteiger partial charge in [0, 0.05) is 0 Å². The van der Waals surface area contributed by atoms with Gasteiger partial charge < -0.3 is 0 Å². The Bertz CT molecular complexity index is 116. The molecule has 0 nitrogen and oxygen atoms in total. The molecule has 0 aliphatic heterocycles. The van der Waals surface area contributed by atoms with E-state index in [-0.39, 0.29) is 0 Å². The van der Waals surface area contributed by atoms with Gasteiger partial charge in [-0.1, -0.05) is 36.5 Å². The fraction of sp³-hybridized carbons (Fsp3) is 0.250. The minimum Gasteiger partial charge on any atom is -0.0991 e. The van der Waals surface area contributed by atoms with Crippen LogP contribution in [0.5, 0.6) is 0 Å². The van der Waals surface area contributed by atoms with Crippen molar-refractivity contribution in [3.63, 3.8) is 0 Å². The van der Waals surface area contributed by atoms with Crippen LogP contribution in [0.15, 0.2) is 36.5 Å². The van der Waals surface area contributed by atoms with Crippen LogP contribution in [0.3, 0.4) is 0 Å². The van der Waals surface area contributed by atoms with Crippen LogP contribution in [0.4, 0.5) is 0 Å². The molecule has 0 rings (SSSR count). The summed E-state index contributed by atoms with van der Waals surface area (Å²) >= 11 is 0. The van der Waals surface area contributed by atoms with Gasteiger partial charge in [0.2, 0.25) is 0 Å². The van der Waals surface area contributed by atoms with E-state index in [1.165, 1.54) is 5.57 Å². The van der Waals surface area contributed by atoms with E-state index in [0.29, 0.717) is 0 Å². The van der Waals surface area contributed by atoms with E-state index in [9.17, 15) is 0 Å². The summed E-state index contributed by atoms with van der Waals surface area (Å²) in [5, 5.41) is 0. The summed E-state index contributed by atoms with van der Waals surface area (Å²) in [6, 6.07) is 0. The van der Waals surface area contributed by atoms with Crippen LogP contribution in [-0.2, 0) is 0 Å². The Kier molecular flexibility index (Phi) is 3.95. The second kappa shape index (κ2) is 4.38. The van der Waals surface area contributed by atoms with E-state index in [0.717, 1.165) is 0 Å². The van der Waals surface area contributed by atoms with Crippen LogP contribution in [-0.4, -0.2) is 0 Å². The first-order valence-corrected chi connectivity index (χ1v) is 2.73. The fourth-order valence-electron chi connectivity index (χ4n) is 0.316. The molecule has 0 aliphatic rings. The molecule has 0 saturated carbocycles. The van der Waals surface area contributed by atoms with Gasteiger partial charge in [-0.05, 0) is 13.8 Å². The molecule has 44 valence electrons. The maximum absolute atomic E-state index is 3.55. The fourth-order valence-corrected chi connectivity index (χ4v) is 0.316. The van der Waals surface area contributed by atoms with Gasteiger partial charge in [-0.15, -0.1) is 0 Å². The summed E-state index contributed by atoms with van der Waals surface area (Å²) in [4.78, 5) is 0. The van der Waals surface area contributed by atoms with Gasteiger partial charge in [0.25, 0.3) is 0 Å². The topological polar surface area (TPSA) is 0 Å². The maximum Gasteiger partial charge on any atom is -0.0401 e. The smallest absolute Gasteiger partial charge is 0.0401 e. The highest BCUT2D eigenvalue weighted by Gasteiger charge is 1.70. The SMILES string of the molecule is C=C/C=C\C(C)=C/C. The number of hydrogen-bond acceptors (Lipinski definition) is 0. The van der Waals surface area contributed by atoms with E-state index < -0.39 is 0 Å². The monoisotopic (exact) mass is 108 g/mol. The summed E-state index contributed by atoms with van der Waals surface area (Å²) in [7, 11) is 0. The van der Waals surface area contributed by atoms with Crippen LogP contribution in [0.1, 0.15) is 13.8 Å². The van der Waals surface area contributed by atoms with Crippen molar-refractivity contribution in [2.75, 3.05) is 0 Å². The zero-order valence-corrected chi connectivity index (χ0v) is 5.52. The van der Waals surface area contributed by atoms with Crippen molar-refractivity contribution in [3.05, 3.63) is 36.5 Å². The first-order chi connectivity index (χ1) is 3.81. The first kappa shape index (κ1) is 7.22. The molecule has 0 amide bonds. The Morgan fingerprint density at radius 3 is 2.50 bits per heavy atom. The molecule has 0 atom stereocenters. The molecule has 0 aromatic rings. The predicted molar refractivity (Wildman–Crippen MR) is 38.8 cm³/mol. The normalized spacial score (nSPS) is 12.5. The van der Waals surface area contributed by atoms with Gasteiger partial charge in [-0.2, -0.15) is 0 Å². The van der Waals surface area contributed by atoms with E-state index in [2.05, 4.69) is 19.6 Å². The van der Waals surface area contributed by atoms with Gasteiger partial charge in [0.15, 0.2) is 0 Å². The maximum atomic E-state index is 3.55. The molecule has 0 bridgehead atoms. The molecule has 8 heavy (non-hydrogen) atoms. The van der Waals surface area contributed by atoms with Gasteiger partial charge >= 0.3 is 0 Å². The largest absolute Gasteiger partial charge is 0.0991 e. The molecule has 0 N–H and O–H groups in total. The first-order valence-electron chi connectivity index (χ1n) is 2.73. The number of rotatable bonds is 2.